The van der Waals surface area contributed by atoms with Crippen molar-refractivity contribution in [3.05, 3.63) is 29.8 Å². The second-order valence-corrected chi connectivity index (χ2v) is 7.31. The second kappa shape index (κ2) is 5.80. The van der Waals surface area contributed by atoms with E-state index in [4.69, 9.17) is 5.73 Å². The van der Waals surface area contributed by atoms with Gasteiger partial charge in [0.2, 0.25) is 5.91 Å². The van der Waals surface area contributed by atoms with Gasteiger partial charge in [-0.25, -0.2) is 8.42 Å². The number of rotatable bonds is 4. The number of phenolic OH excluding ortho intramolecular Hbond substituents is 1. The molecule has 0 aliphatic carbocycles. The third-order valence-corrected chi connectivity index (χ3v) is 5.08. The number of aromatic hydroxyl groups is 1. The maximum absolute atomic E-state index is 11.9. The van der Waals surface area contributed by atoms with E-state index in [9.17, 15) is 18.3 Å². The lowest BCUT2D eigenvalue weighted by atomic mass is 10.1. The number of hydrogen-bond donors (Lipinski definition) is 3. The van der Waals surface area contributed by atoms with Crippen molar-refractivity contribution in [1.82, 2.24) is 5.32 Å². The predicted octanol–water partition coefficient (Wildman–Crippen LogP) is -0.435. The minimum atomic E-state index is -3.01. The van der Waals surface area contributed by atoms with E-state index >= 15 is 0 Å². The Labute approximate surface area is 117 Å². The molecule has 2 rings (SSSR count). The van der Waals surface area contributed by atoms with Gasteiger partial charge in [-0.3, -0.25) is 4.79 Å². The SMILES string of the molecule is N[C@@H](Cc1ccc(O)cc1)C(=O)NC1CCS(=O)(=O)C1. The van der Waals surface area contributed by atoms with E-state index in [2.05, 4.69) is 5.32 Å². The summed E-state index contributed by atoms with van der Waals surface area (Å²) in [6.45, 7) is 0. The van der Waals surface area contributed by atoms with Crippen LogP contribution in [0, 0.1) is 0 Å². The first kappa shape index (κ1) is 14.8. The van der Waals surface area contributed by atoms with Crippen LogP contribution in [0.2, 0.25) is 0 Å². The van der Waals surface area contributed by atoms with Crippen LogP contribution in [-0.4, -0.2) is 43.0 Å². The fraction of sp³-hybridized carbons (Fsp3) is 0.462. The number of carbonyl (C=O) groups excluding carboxylic acids is 1. The predicted molar refractivity (Wildman–Crippen MR) is 75.0 cm³/mol. The smallest absolute Gasteiger partial charge is 0.237 e. The summed E-state index contributed by atoms with van der Waals surface area (Å²) in [5.74, 6) is -0.0846. The van der Waals surface area contributed by atoms with Crippen LogP contribution in [0.15, 0.2) is 24.3 Å². The molecule has 0 spiro atoms. The maximum Gasteiger partial charge on any atom is 0.237 e. The van der Waals surface area contributed by atoms with Crippen LogP contribution in [0.1, 0.15) is 12.0 Å². The molecule has 0 saturated carbocycles. The van der Waals surface area contributed by atoms with Gasteiger partial charge in [-0.2, -0.15) is 0 Å². The quantitative estimate of drug-likeness (QED) is 0.698. The van der Waals surface area contributed by atoms with Crippen molar-refractivity contribution in [3.63, 3.8) is 0 Å². The lowest BCUT2D eigenvalue weighted by Gasteiger charge is -2.16. The Hall–Kier alpha value is -1.60. The number of sulfone groups is 1. The number of nitrogens with two attached hydrogens (primary N) is 1. The molecule has 1 amide bonds. The van der Waals surface area contributed by atoms with Crippen molar-refractivity contribution in [3.8, 4) is 5.75 Å². The first-order valence-electron chi connectivity index (χ1n) is 6.40. The van der Waals surface area contributed by atoms with Crippen LogP contribution in [0.4, 0.5) is 0 Å². The van der Waals surface area contributed by atoms with E-state index in [0.717, 1.165) is 5.56 Å². The van der Waals surface area contributed by atoms with Gasteiger partial charge >= 0.3 is 0 Å². The zero-order chi connectivity index (χ0) is 14.8. The van der Waals surface area contributed by atoms with Gasteiger partial charge in [-0.05, 0) is 30.5 Å². The molecule has 6 nitrogen and oxygen atoms in total. The van der Waals surface area contributed by atoms with Crippen LogP contribution < -0.4 is 11.1 Å². The third kappa shape index (κ3) is 3.94. The molecule has 1 fully saturated rings. The van der Waals surface area contributed by atoms with Crippen LogP contribution in [-0.2, 0) is 21.1 Å². The van der Waals surface area contributed by atoms with Gasteiger partial charge in [0.25, 0.3) is 0 Å². The molecule has 110 valence electrons. The Kier molecular flexibility index (Phi) is 4.29. The molecular formula is C13H18N2O4S. The molecule has 1 aromatic rings. The van der Waals surface area contributed by atoms with Crippen LogP contribution in [0.3, 0.4) is 0 Å². The van der Waals surface area contributed by atoms with E-state index in [1.807, 2.05) is 0 Å². The van der Waals surface area contributed by atoms with E-state index in [1.54, 1.807) is 12.1 Å². The van der Waals surface area contributed by atoms with Crippen molar-refractivity contribution >= 4 is 15.7 Å². The molecule has 0 bridgehead atoms. The highest BCUT2D eigenvalue weighted by molar-refractivity contribution is 7.91. The summed E-state index contributed by atoms with van der Waals surface area (Å²) >= 11 is 0. The van der Waals surface area contributed by atoms with E-state index in [0.29, 0.717) is 12.8 Å². The summed E-state index contributed by atoms with van der Waals surface area (Å²) < 4.78 is 22.6. The van der Waals surface area contributed by atoms with E-state index < -0.39 is 15.9 Å². The maximum atomic E-state index is 11.9. The Morgan fingerprint density at radius 1 is 1.40 bits per heavy atom. The summed E-state index contributed by atoms with van der Waals surface area (Å²) in [7, 11) is -3.01. The van der Waals surface area contributed by atoms with Gasteiger partial charge in [0.15, 0.2) is 9.84 Å². The first-order valence-corrected chi connectivity index (χ1v) is 8.22. The number of amides is 1. The fourth-order valence-electron chi connectivity index (χ4n) is 2.20. The highest BCUT2D eigenvalue weighted by Crippen LogP contribution is 2.13. The molecule has 1 saturated heterocycles. The van der Waals surface area contributed by atoms with Crippen LogP contribution in [0.5, 0.6) is 5.75 Å². The number of carbonyl (C=O) groups is 1. The lowest BCUT2D eigenvalue weighted by Crippen LogP contribution is -2.46. The van der Waals surface area contributed by atoms with E-state index in [-0.39, 0.29) is 29.2 Å². The Morgan fingerprint density at radius 3 is 2.60 bits per heavy atom. The van der Waals surface area contributed by atoms with Gasteiger partial charge < -0.3 is 16.2 Å². The number of nitrogens with one attached hydrogen (secondary N) is 1. The van der Waals surface area contributed by atoms with Gasteiger partial charge in [0, 0.05) is 6.04 Å². The molecule has 7 heteroatoms. The molecule has 0 aromatic heterocycles. The molecule has 1 aliphatic rings. The highest BCUT2D eigenvalue weighted by atomic mass is 32.2. The van der Waals surface area contributed by atoms with Crippen molar-refractivity contribution in [1.29, 1.82) is 0 Å². The summed E-state index contributed by atoms with van der Waals surface area (Å²) in [5.41, 5.74) is 6.65. The van der Waals surface area contributed by atoms with Crippen LogP contribution >= 0.6 is 0 Å². The molecule has 1 heterocycles. The minimum absolute atomic E-state index is 0.00926. The zero-order valence-electron chi connectivity index (χ0n) is 11.0. The number of phenols is 1. The van der Waals surface area contributed by atoms with Crippen molar-refractivity contribution in [2.24, 2.45) is 5.73 Å². The zero-order valence-corrected chi connectivity index (χ0v) is 11.8. The Bertz CT molecular complexity index is 583. The van der Waals surface area contributed by atoms with Gasteiger partial charge in [0.1, 0.15) is 5.75 Å². The Balaban J connectivity index is 1.88. The molecular weight excluding hydrogens is 280 g/mol. The second-order valence-electron chi connectivity index (χ2n) is 5.09. The molecule has 1 aliphatic heterocycles. The Morgan fingerprint density at radius 2 is 2.05 bits per heavy atom. The first-order chi connectivity index (χ1) is 9.35. The minimum Gasteiger partial charge on any atom is -0.508 e. The van der Waals surface area contributed by atoms with Crippen molar-refractivity contribution in [2.75, 3.05) is 11.5 Å². The van der Waals surface area contributed by atoms with Crippen LogP contribution in [0.25, 0.3) is 0 Å². The summed E-state index contributed by atoms with van der Waals surface area (Å²) in [6.07, 6.45) is 0.783. The summed E-state index contributed by atoms with van der Waals surface area (Å²) in [6, 6.07) is 5.39. The number of hydrogen-bond acceptors (Lipinski definition) is 5. The molecule has 1 aromatic carbocycles. The largest absolute Gasteiger partial charge is 0.508 e. The number of benzene rings is 1. The highest BCUT2D eigenvalue weighted by Gasteiger charge is 2.30. The average molecular weight is 298 g/mol. The summed E-state index contributed by atoms with van der Waals surface area (Å²) in [4.78, 5) is 11.9. The molecule has 0 radical (unpaired) electrons. The van der Waals surface area contributed by atoms with Crippen molar-refractivity contribution < 1.29 is 18.3 Å². The molecule has 1 unspecified atom stereocenters. The lowest BCUT2D eigenvalue weighted by molar-refractivity contribution is -0.122. The fourth-order valence-corrected chi connectivity index (χ4v) is 3.87. The standard InChI is InChI=1S/C13H18N2O4S/c14-12(7-9-1-3-11(16)4-2-9)13(17)15-10-5-6-20(18,19)8-10/h1-4,10,12,16H,5-8,14H2,(H,15,17)/t10?,12-/m0/s1. The normalized spacial score (nSPS) is 22.4. The van der Waals surface area contributed by atoms with Gasteiger partial charge in [-0.1, -0.05) is 12.1 Å². The van der Waals surface area contributed by atoms with Crippen molar-refractivity contribution in [2.45, 2.75) is 24.9 Å². The molecule has 20 heavy (non-hydrogen) atoms. The molecule has 4 N–H and O–H groups in total. The molecule has 2 atom stereocenters. The van der Waals surface area contributed by atoms with E-state index in [1.165, 1.54) is 12.1 Å². The van der Waals surface area contributed by atoms with Gasteiger partial charge in [-0.15, -0.1) is 0 Å². The topological polar surface area (TPSA) is 109 Å². The monoisotopic (exact) mass is 298 g/mol. The average Bonchev–Trinajstić information content (AvgIpc) is 2.71. The third-order valence-electron chi connectivity index (χ3n) is 3.31. The van der Waals surface area contributed by atoms with Gasteiger partial charge in [0.05, 0.1) is 17.5 Å². The summed E-state index contributed by atoms with van der Waals surface area (Å²) in [5, 5.41) is 11.8.